The topological polar surface area (TPSA) is 15.0 Å². The number of anilines is 1. The Kier molecular flexibility index (Phi) is 4.39. The molecule has 0 spiro atoms. The summed E-state index contributed by atoms with van der Waals surface area (Å²) in [5.41, 5.74) is 6.44. The molecule has 2 aromatic carbocycles. The zero-order chi connectivity index (χ0) is 17.2. The van der Waals surface area contributed by atoms with Gasteiger partial charge in [-0.3, -0.25) is 0 Å². The van der Waals surface area contributed by atoms with E-state index in [9.17, 15) is 0 Å². The molecule has 2 heteroatoms. The third-order valence-corrected chi connectivity index (χ3v) is 4.67. The minimum Gasteiger partial charge on any atom is -0.362 e. The number of fused-ring (bicyclic) bond motifs is 1. The molecule has 0 saturated carbocycles. The van der Waals surface area contributed by atoms with Crippen LogP contribution in [0.5, 0.6) is 0 Å². The molecular formula is C22H25N2+. The van der Waals surface area contributed by atoms with Crippen molar-refractivity contribution in [2.45, 2.75) is 26.2 Å². The van der Waals surface area contributed by atoms with Crippen LogP contribution in [0.4, 0.5) is 11.4 Å². The van der Waals surface area contributed by atoms with Crippen LogP contribution < -0.4 is 5.32 Å². The van der Waals surface area contributed by atoms with Gasteiger partial charge in [-0.25, -0.2) is 0 Å². The second-order valence-corrected chi connectivity index (χ2v) is 6.82. The van der Waals surface area contributed by atoms with Gasteiger partial charge in [0.2, 0.25) is 5.69 Å². The van der Waals surface area contributed by atoms with Gasteiger partial charge in [-0.05, 0) is 45.0 Å². The molecule has 24 heavy (non-hydrogen) atoms. The summed E-state index contributed by atoms with van der Waals surface area (Å²) in [4.78, 5) is 0. The Morgan fingerprint density at radius 3 is 2.50 bits per heavy atom. The summed E-state index contributed by atoms with van der Waals surface area (Å²) in [7, 11) is 2.15. The highest BCUT2D eigenvalue weighted by Crippen LogP contribution is 2.39. The number of para-hydroxylation sites is 1. The quantitative estimate of drug-likeness (QED) is 0.606. The van der Waals surface area contributed by atoms with Crippen LogP contribution in [0.15, 0.2) is 73.0 Å². The van der Waals surface area contributed by atoms with E-state index in [4.69, 9.17) is 0 Å². The lowest BCUT2D eigenvalue weighted by Gasteiger charge is -2.15. The first-order valence-corrected chi connectivity index (χ1v) is 8.37. The van der Waals surface area contributed by atoms with Gasteiger partial charge in [0, 0.05) is 29.6 Å². The van der Waals surface area contributed by atoms with Gasteiger partial charge in [0.15, 0.2) is 5.71 Å². The molecule has 0 fully saturated rings. The molecule has 2 nitrogen and oxygen atoms in total. The zero-order valence-electron chi connectivity index (χ0n) is 14.9. The highest BCUT2D eigenvalue weighted by atomic mass is 15.0. The molecule has 122 valence electrons. The van der Waals surface area contributed by atoms with Crippen molar-refractivity contribution in [1.82, 2.24) is 0 Å². The van der Waals surface area contributed by atoms with Crippen LogP contribution in [0.2, 0.25) is 0 Å². The van der Waals surface area contributed by atoms with Gasteiger partial charge in [-0.2, -0.15) is 4.58 Å². The minimum atomic E-state index is 0.0211. The number of hydrogen-bond acceptors (Lipinski definition) is 1. The average molecular weight is 317 g/mol. The number of nitrogens with one attached hydrogen (secondary N) is 1. The molecule has 0 bridgehead atoms. The van der Waals surface area contributed by atoms with Crippen molar-refractivity contribution in [3.05, 3.63) is 84.1 Å². The maximum atomic E-state index is 3.27. The van der Waals surface area contributed by atoms with Crippen molar-refractivity contribution in [2.75, 3.05) is 12.4 Å². The first-order valence-electron chi connectivity index (χ1n) is 8.37. The number of nitrogens with zero attached hydrogens (tertiary/aromatic N) is 1. The lowest BCUT2D eigenvalue weighted by atomic mass is 9.81. The van der Waals surface area contributed by atoms with Crippen molar-refractivity contribution in [3.63, 3.8) is 0 Å². The Labute approximate surface area is 144 Å². The lowest BCUT2D eigenvalue weighted by Crippen LogP contribution is -2.26. The van der Waals surface area contributed by atoms with E-state index >= 15 is 0 Å². The highest BCUT2D eigenvalue weighted by Gasteiger charge is 2.42. The monoisotopic (exact) mass is 317 g/mol. The Hall–Kier alpha value is -2.61. The van der Waals surface area contributed by atoms with Gasteiger partial charge in [-0.15, -0.1) is 0 Å². The van der Waals surface area contributed by atoms with Crippen molar-refractivity contribution < 1.29 is 4.58 Å². The smallest absolute Gasteiger partial charge is 0.209 e. The van der Waals surface area contributed by atoms with Gasteiger partial charge >= 0.3 is 0 Å². The average Bonchev–Trinajstić information content (AvgIpc) is 2.75. The maximum Gasteiger partial charge on any atom is 0.209 e. The van der Waals surface area contributed by atoms with Gasteiger partial charge < -0.3 is 5.32 Å². The Bertz CT molecular complexity index is 824. The van der Waals surface area contributed by atoms with Crippen molar-refractivity contribution >= 4 is 17.1 Å². The molecule has 1 heterocycles. The zero-order valence-corrected chi connectivity index (χ0v) is 14.9. The fourth-order valence-corrected chi connectivity index (χ4v) is 3.33. The van der Waals surface area contributed by atoms with E-state index in [1.807, 2.05) is 30.5 Å². The number of aryl methyl sites for hydroxylation is 1. The van der Waals surface area contributed by atoms with E-state index in [2.05, 4.69) is 80.2 Å². The van der Waals surface area contributed by atoms with E-state index in [0.717, 1.165) is 5.69 Å². The molecule has 1 aliphatic rings. The Morgan fingerprint density at radius 2 is 1.75 bits per heavy atom. The number of hydrogen-bond donors (Lipinski definition) is 1. The summed E-state index contributed by atoms with van der Waals surface area (Å²) in [6, 6.07) is 16.9. The fourth-order valence-electron chi connectivity index (χ4n) is 3.33. The van der Waals surface area contributed by atoms with E-state index in [1.165, 1.54) is 22.5 Å². The van der Waals surface area contributed by atoms with Crippen LogP contribution in [0, 0.1) is 6.92 Å². The molecule has 2 aromatic rings. The molecule has 0 atom stereocenters. The molecule has 3 rings (SSSR count). The van der Waals surface area contributed by atoms with Crippen LogP contribution in [0.25, 0.3) is 0 Å². The van der Waals surface area contributed by atoms with Crippen molar-refractivity contribution in [3.8, 4) is 0 Å². The summed E-state index contributed by atoms with van der Waals surface area (Å²) in [5, 5.41) is 3.27. The molecular weight excluding hydrogens is 292 g/mol. The number of allylic oxidation sites excluding steroid dienone is 3. The van der Waals surface area contributed by atoms with Crippen molar-refractivity contribution in [2.24, 2.45) is 0 Å². The van der Waals surface area contributed by atoms with Gasteiger partial charge in [0.05, 0.1) is 5.41 Å². The SMILES string of the molecule is Cc1ccc2c(c1)C(C)(C)C(/C=C/C=C/Nc1ccccc1)=[N+]2C. The highest BCUT2D eigenvalue weighted by molar-refractivity contribution is 6.03. The van der Waals surface area contributed by atoms with Crippen LogP contribution in [-0.4, -0.2) is 17.3 Å². The van der Waals surface area contributed by atoms with E-state index in [-0.39, 0.29) is 5.41 Å². The van der Waals surface area contributed by atoms with Gasteiger partial charge in [0.1, 0.15) is 7.05 Å². The largest absolute Gasteiger partial charge is 0.362 e. The molecule has 0 radical (unpaired) electrons. The van der Waals surface area contributed by atoms with Crippen LogP contribution >= 0.6 is 0 Å². The summed E-state index contributed by atoms with van der Waals surface area (Å²) < 4.78 is 2.30. The first kappa shape index (κ1) is 16.3. The maximum absolute atomic E-state index is 3.27. The molecule has 0 aliphatic carbocycles. The molecule has 0 amide bonds. The van der Waals surface area contributed by atoms with E-state index in [1.54, 1.807) is 0 Å². The standard InChI is InChI=1S/C22H24N2/c1-17-13-14-20-19(16-17)22(2,3)21(24(20)4)12-8-9-15-23-18-10-6-5-7-11-18/h5-16H,1-4H3/p+1. The summed E-state index contributed by atoms with van der Waals surface area (Å²) >= 11 is 0. The normalized spacial score (nSPS) is 16.2. The lowest BCUT2D eigenvalue weighted by molar-refractivity contribution is -0.401. The van der Waals surface area contributed by atoms with E-state index < -0.39 is 0 Å². The number of benzene rings is 2. The van der Waals surface area contributed by atoms with Crippen LogP contribution in [0.3, 0.4) is 0 Å². The fraction of sp³-hybridized carbons (Fsp3) is 0.227. The third-order valence-electron chi connectivity index (χ3n) is 4.67. The molecule has 1 N–H and O–H groups in total. The predicted molar refractivity (Wildman–Crippen MR) is 103 cm³/mol. The van der Waals surface area contributed by atoms with Gasteiger partial charge in [0.25, 0.3) is 0 Å². The first-order chi connectivity index (χ1) is 11.5. The Morgan fingerprint density at radius 1 is 1.00 bits per heavy atom. The summed E-state index contributed by atoms with van der Waals surface area (Å²) in [6.07, 6.45) is 8.31. The predicted octanol–water partition coefficient (Wildman–Crippen LogP) is 5.18. The molecule has 0 saturated heterocycles. The van der Waals surface area contributed by atoms with Crippen LogP contribution in [-0.2, 0) is 5.41 Å². The summed E-state index contributed by atoms with van der Waals surface area (Å²) in [6.45, 7) is 6.74. The summed E-state index contributed by atoms with van der Waals surface area (Å²) in [5.74, 6) is 0. The molecule has 1 aliphatic heterocycles. The Balaban J connectivity index is 1.76. The van der Waals surface area contributed by atoms with Crippen LogP contribution in [0.1, 0.15) is 25.0 Å². The van der Waals surface area contributed by atoms with E-state index in [0.29, 0.717) is 0 Å². The number of rotatable bonds is 4. The second-order valence-electron chi connectivity index (χ2n) is 6.82. The molecule has 0 aromatic heterocycles. The van der Waals surface area contributed by atoms with Gasteiger partial charge in [-0.1, -0.05) is 35.9 Å². The third kappa shape index (κ3) is 3.05. The second kappa shape index (κ2) is 6.48. The molecule has 0 unspecified atom stereocenters. The van der Waals surface area contributed by atoms with Crippen molar-refractivity contribution in [1.29, 1.82) is 0 Å². The minimum absolute atomic E-state index is 0.0211.